The summed E-state index contributed by atoms with van der Waals surface area (Å²) in [5, 5.41) is 3.40. The average Bonchev–Trinajstić information content (AvgIpc) is 2.48. The highest BCUT2D eigenvalue weighted by atomic mass is 32.2. The number of rotatable bonds is 5. The first-order valence-corrected chi connectivity index (χ1v) is 8.82. The second-order valence-corrected chi connectivity index (χ2v) is 7.39. The van der Waals surface area contributed by atoms with E-state index in [1.54, 1.807) is 12.1 Å². The zero-order valence-electron chi connectivity index (χ0n) is 12.2. The molecule has 0 aromatic heterocycles. The summed E-state index contributed by atoms with van der Waals surface area (Å²) < 4.78 is 26.4. The molecule has 0 saturated heterocycles. The minimum atomic E-state index is -3.42. The van der Waals surface area contributed by atoms with Gasteiger partial charge in [-0.1, -0.05) is 31.4 Å². The molecular formula is C15H24N2O2S. The second kappa shape index (κ2) is 6.59. The number of para-hydroxylation sites is 1. The van der Waals surface area contributed by atoms with Gasteiger partial charge < -0.3 is 5.32 Å². The van der Waals surface area contributed by atoms with Crippen LogP contribution in [-0.4, -0.2) is 21.5 Å². The van der Waals surface area contributed by atoms with Crippen LogP contribution in [0.5, 0.6) is 0 Å². The van der Waals surface area contributed by atoms with E-state index in [0.29, 0.717) is 22.5 Å². The van der Waals surface area contributed by atoms with E-state index >= 15 is 0 Å². The van der Waals surface area contributed by atoms with Gasteiger partial charge in [-0.05, 0) is 44.9 Å². The first kappa shape index (κ1) is 15.3. The van der Waals surface area contributed by atoms with Crippen LogP contribution in [0.25, 0.3) is 0 Å². The second-order valence-electron chi connectivity index (χ2n) is 5.53. The molecule has 1 aromatic carbocycles. The van der Waals surface area contributed by atoms with E-state index in [4.69, 9.17) is 0 Å². The van der Waals surface area contributed by atoms with Crippen LogP contribution >= 0.6 is 0 Å². The van der Waals surface area contributed by atoms with Crippen molar-refractivity contribution in [1.82, 2.24) is 4.72 Å². The summed E-state index contributed by atoms with van der Waals surface area (Å²) in [6, 6.07) is 7.39. The maximum absolute atomic E-state index is 12.0. The normalized spacial score (nSPS) is 18.7. The smallest absolute Gasteiger partial charge is 0.242 e. The molecule has 1 aliphatic rings. The number of sulfonamides is 1. The molecule has 1 atom stereocenters. The standard InChI is InChI=1S/C15H24N2O2S/c1-12(13-8-4-3-5-9-13)17-14-10-6-7-11-15(14)20(18,19)16-2/h6-7,10-13,16-17H,3-5,8-9H2,1-2H3. The van der Waals surface area contributed by atoms with Crippen molar-refractivity contribution in [3.8, 4) is 0 Å². The van der Waals surface area contributed by atoms with Crippen LogP contribution in [-0.2, 0) is 10.0 Å². The van der Waals surface area contributed by atoms with Gasteiger partial charge in [-0.25, -0.2) is 13.1 Å². The Hall–Kier alpha value is -1.07. The lowest BCUT2D eigenvalue weighted by molar-refractivity contribution is 0.328. The summed E-state index contributed by atoms with van der Waals surface area (Å²) in [7, 11) is -1.98. The molecule has 0 aliphatic heterocycles. The molecule has 1 aliphatic carbocycles. The zero-order chi connectivity index (χ0) is 14.6. The minimum absolute atomic E-state index is 0.295. The van der Waals surface area contributed by atoms with E-state index in [2.05, 4.69) is 17.0 Å². The fourth-order valence-corrected chi connectivity index (χ4v) is 3.82. The number of hydrogen-bond donors (Lipinski definition) is 2. The molecule has 0 heterocycles. The third-order valence-corrected chi connectivity index (χ3v) is 5.66. The fourth-order valence-electron chi connectivity index (χ4n) is 2.93. The third kappa shape index (κ3) is 3.52. The zero-order valence-corrected chi connectivity index (χ0v) is 13.0. The highest BCUT2D eigenvalue weighted by Crippen LogP contribution is 2.29. The van der Waals surface area contributed by atoms with Crippen LogP contribution in [0.15, 0.2) is 29.2 Å². The SMILES string of the molecule is CNS(=O)(=O)c1ccccc1NC(C)C1CCCCC1. The highest BCUT2D eigenvalue weighted by Gasteiger charge is 2.22. The van der Waals surface area contributed by atoms with Crippen molar-refractivity contribution in [2.24, 2.45) is 5.92 Å². The first-order valence-electron chi connectivity index (χ1n) is 7.33. The van der Waals surface area contributed by atoms with E-state index in [1.807, 2.05) is 12.1 Å². The van der Waals surface area contributed by atoms with Crippen molar-refractivity contribution < 1.29 is 8.42 Å². The van der Waals surface area contributed by atoms with Crippen molar-refractivity contribution in [2.75, 3.05) is 12.4 Å². The van der Waals surface area contributed by atoms with Crippen molar-refractivity contribution in [2.45, 2.75) is 50.0 Å². The van der Waals surface area contributed by atoms with Gasteiger partial charge in [-0.15, -0.1) is 0 Å². The molecule has 1 unspecified atom stereocenters. The summed E-state index contributed by atoms with van der Waals surface area (Å²) in [6.45, 7) is 2.15. The van der Waals surface area contributed by atoms with Crippen LogP contribution in [0, 0.1) is 5.92 Å². The molecule has 0 bridgehead atoms. The van der Waals surface area contributed by atoms with E-state index in [0.717, 1.165) is 0 Å². The van der Waals surface area contributed by atoms with Gasteiger partial charge in [0.25, 0.3) is 0 Å². The molecule has 1 fully saturated rings. The largest absolute Gasteiger partial charge is 0.381 e. The Bertz CT molecular complexity index is 537. The molecule has 112 valence electrons. The summed E-state index contributed by atoms with van der Waals surface area (Å²) in [5.41, 5.74) is 0.694. The lowest BCUT2D eigenvalue weighted by Crippen LogP contribution is -2.29. The molecule has 1 saturated carbocycles. The van der Waals surface area contributed by atoms with E-state index in [-0.39, 0.29) is 0 Å². The Labute approximate surface area is 122 Å². The molecule has 20 heavy (non-hydrogen) atoms. The van der Waals surface area contributed by atoms with Crippen LogP contribution in [0.2, 0.25) is 0 Å². The number of benzene rings is 1. The van der Waals surface area contributed by atoms with Gasteiger partial charge in [-0.3, -0.25) is 0 Å². The van der Waals surface area contributed by atoms with Gasteiger partial charge in [0.1, 0.15) is 4.90 Å². The molecule has 0 spiro atoms. The average molecular weight is 296 g/mol. The third-order valence-electron chi connectivity index (χ3n) is 4.19. The Balaban J connectivity index is 2.17. The highest BCUT2D eigenvalue weighted by molar-refractivity contribution is 7.89. The summed E-state index contributed by atoms with van der Waals surface area (Å²) in [4.78, 5) is 0.324. The van der Waals surface area contributed by atoms with Crippen molar-refractivity contribution in [3.05, 3.63) is 24.3 Å². The summed E-state index contributed by atoms with van der Waals surface area (Å²) >= 11 is 0. The lowest BCUT2D eigenvalue weighted by Gasteiger charge is -2.29. The summed E-state index contributed by atoms with van der Waals surface area (Å²) in [6.07, 6.45) is 6.36. The molecule has 0 radical (unpaired) electrons. The van der Waals surface area contributed by atoms with Crippen LogP contribution in [0.1, 0.15) is 39.0 Å². The van der Waals surface area contributed by atoms with E-state index < -0.39 is 10.0 Å². The van der Waals surface area contributed by atoms with Gasteiger partial charge in [0, 0.05) is 6.04 Å². The molecule has 2 rings (SSSR count). The van der Waals surface area contributed by atoms with Gasteiger partial charge in [0.2, 0.25) is 10.0 Å². The molecule has 0 amide bonds. The molecular weight excluding hydrogens is 272 g/mol. The maximum Gasteiger partial charge on any atom is 0.242 e. The summed E-state index contributed by atoms with van der Waals surface area (Å²) in [5.74, 6) is 0.633. The number of anilines is 1. The van der Waals surface area contributed by atoms with Gasteiger partial charge >= 0.3 is 0 Å². The van der Waals surface area contributed by atoms with Crippen LogP contribution in [0.3, 0.4) is 0 Å². The molecule has 2 N–H and O–H groups in total. The van der Waals surface area contributed by atoms with Gasteiger partial charge in [0.15, 0.2) is 0 Å². The molecule has 5 heteroatoms. The van der Waals surface area contributed by atoms with Crippen molar-refractivity contribution in [3.63, 3.8) is 0 Å². The first-order chi connectivity index (χ1) is 9.54. The molecule has 4 nitrogen and oxygen atoms in total. The Morgan fingerprint density at radius 2 is 1.80 bits per heavy atom. The lowest BCUT2D eigenvalue weighted by atomic mass is 9.84. The predicted octanol–water partition coefficient (Wildman–Crippen LogP) is 2.98. The Morgan fingerprint density at radius 1 is 1.15 bits per heavy atom. The quantitative estimate of drug-likeness (QED) is 0.878. The predicted molar refractivity (Wildman–Crippen MR) is 82.3 cm³/mol. The Kier molecular flexibility index (Phi) is 5.05. The minimum Gasteiger partial charge on any atom is -0.381 e. The van der Waals surface area contributed by atoms with E-state index in [9.17, 15) is 8.42 Å². The van der Waals surface area contributed by atoms with Gasteiger partial charge in [0.05, 0.1) is 5.69 Å². The maximum atomic E-state index is 12.0. The monoisotopic (exact) mass is 296 g/mol. The van der Waals surface area contributed by atoms with Crippen LogP contribution < -0.4 is 10.0 Å². The topological polar surface area (TPSA) is 58.2 Å². The van der Waals surface area contributed by atoms with Crippen molar-refractivity contribution >= 4 is 15.7 Å². The van der Waals surface area contributed by atoms with Gasteiger partial charge in [-0.2, -0.15) is 0 Å². The number of nitrogens with one attached hydrogen (secondary N) is 2. The van der Waals surface area contributed by atoms with Crippen LogP contribution in [0.4, 0.5) is 5.69 Å². The van der Waals surface area contributed by atoms with E-state index in [1.165, 1.54) is 39.2 Å². The fraction of sp³-hybridized carbons (Fsp3) is 0.600. The Morgan fingerprint density at radius 3 is 2.45 bits per heavy atom. The number of hydrogen-bond acceptors (Lipinski definition) is 3. The van der Waals surface area contributed by atoms with Crippen molar-refractivity contribution in [1.29, 1.82) is 0 Å². The molecule has 1 aromatic rings.